The first-order chi connectivity index (χ1) is 9.45. The quantitative estimate of drug-likeness (QED) is 0.702. The highest BCUT2D eigenvalue weighted by Gasteiger charge is 2.24. The minimum Gasteiger partial charge on any atom is -0.481 e. The van der Waals surface area contributed by atoms with Crippen LogP contribution < -0.4 is 11.1 Å². The maximum Gasteiger partial charge on any atom is 0.305 e. The number of rotatable bonds is 7. The van der Waals surface area contributed by atoms with Crippen LogP contribution in [0, 0.1) is 5.92 Å². The Labute approximate surface area is 119 Å². The van der Waals surface area contributed by atoms with Gasteiger partial charge in [0.25, 0.3) is 0 Å². The molecule has 5 nitrogen and oxygen atoms in total. The Morgan fingerprint density at radius 2 is 1.85 bits per heavy atom. The SMILES string of the molecule is CC(C)C(CC(=O)O)NC(=O)C(CN)c1ccccc1. The lowest BCUT2D eigenvalue weighted by Crippen LogP contribution is -2.43. The molecule has 5 heteroatoms. The van der Waals surface area contributed by atoms with Crippen molar-refractivity contribution in [3.8, 4) is 0 Å². The fourth-order valence-electron chi connectivity index (χ4n) is 2.00. The molecule has 0 aliphatic rings. The van der Waals surface area contributed by atoms with E-state index in [0.717, 1.165) is 5.56 Å². The second-order valence-electron chi connectivity index (χ2n) is 5.16. The molecule has 110 valence electrons. The van der Waals surface area contributed by atoms with Gasteiger partial charge in [-0.25, -0.2) is 0 Å². The number of carbonyl (C=O) groups excluding carboxylic acids is 1. The van der Waals surface area contributed by atoms with Gasteiger partial charge in [-0.05, 0) is 11.5 Å². The minimum atomic E-state index is -0.923. The molecule has 4 N–H and O–H groups in total. The van der Waals surface area contributed by atoms with Crippen LogP contribution in [0.3, 0.4) is 0 Å². The Morgan fingerprint density at radius 1 is 1.25 bits per heavy atom. The van der Waals surface area contributed by atoms with Crippen molar-refractivity contribution < 1.29 is 14.7 Å². The zero-order valence-corrected chi connectivity index (χ0v) is 11.9. The summed E-state index contributed by atoms with van der Waals surface area (Å²) in [4.78, 5) is 23.1. The zero-order chi connectivity index (χ0) is 15.1. The van der Waals surface area contributed by atoms with Gasteiger partial charge in [0.05, 0.1) is 12.3 Å². The third-order valence-electron chi connectivity index (χ3n) is 3.28. The number of carboxylic acid groups (broad SMARTS) is 1. The molecule has 0 saturated heterocycles. The number of hydrogen-bond acceptors (Lipinski definition) is 3. The lowest BCUT2D eigenvalue weighted by Gasteiger charge is -2.24. The normalized spacial score (nSPS) is 13.8. The van der Waals surface area contributed by atoms with Gasteiger partial charge in [0.2, 0.25) is 5.91 Å². The fourth-order valence-corrected chi connectivity index (χ4v) is 2.00. The first-order valence-corrected chi connectivity index (χ1v) is 6.72. The van der Waals surface area contributed by atoms with Crippen molar-refractivity contribution in [1.82, 2.24) is 5.32 Å². The second kappa shape index (κ2) is 7.65. The molecule has 0 fully saturated rings. The first kappa shape index (κ1) is 16.2. The number of benzene rings is 1. The van der Waals surface area contributed by atoms with Gasteiger partial charge in [0, 0.05) is 12.6 Å². The molecular weight excluding hydrogens is 256 g/mol. The number of hydrogen-bond donors (Lipinski definition) is 3. The zero-order valence-electron chi connectivity index (χ0n) is 11.9. The summed E-state index contributed by atoms with van der Waals surface area (Å²) in [6.07, 6.45) is -0.0878. The van der Waals surface area contributed by atoms with E-state index in [9.17, 15) is 9.59 Å². The summed E-state index contributed by atoms with van der Waals surface area (Å²) in [5.74, 6) is -1.55. The van der Waals surface area contributed by atoms with Crippen molar-refractivity contribution >= 4 is 11.9 Å². The van der Waals surface area contributed by atoms with Gasteiger partial charge in [-0.1, -0.05) is 44.2 Å². The average molecular weight is 278 g/mol. The van der Waals surface area contributed by atoms with Crippen molar-refractivity contribution in [2.75, 3.05) is 6.54 Å². The monoisotopic (exact) mass is 278 g/mol. The van der Waals surface area contributed by atoms with Crippen molar-refractivity contribution in [1.29, 1.82) is 0 Å². The van der Waals surface area contributed by atoms with Gasteiger partial charge in [0.1, 0.15) is 0 Å². The molecule has 0 aliphatic carbocycles. The number of nitrogens with one attached hydrogen (secondary N) is 1. The van der Waals surface area contributed by atoms with E-state index in [1.54, 1.807) is 0 Å². The van der Waals surface area contributed by atoms with Crippen molar-refractivity contribution in [3.05, 3.63) is 35.9 Å². The molecular formula is C15H22N2O3. The van der Waals surface area contributed by atoms with E-state index in [4.69, 9.17) is 10.8 Å². The Balaban J connectivity index is 2.78. The summed E-state index contributed by atoms with van der Waals surface area (Å²) in [6, 6.07) is 8.87. The highest BCUT2D eigenvalue weighted by Crippen LogP contribution is 2.16. The standard InChI is InChI=1S/C15H22N2O3/c1-10(2)13(8-14(18)19)17-15(20)12(9-16)11-6-4-3-5-7-11/h3-7,10,12-13H,8-9,16H2,1-2H3,(H,17,20)(H,18,19). The summed E-state index contributed by atoms with van der Waals surface area (Å²) in [6.45, 7) is 3.95. The van der Waals surface area contributed by atoms with Gasteiger partial charge in [-0.3, -0.25) is 9.59 Å². The van der Waals surface area contributed by atoms with Crippen LogP contribution in [0.25, 0.3) is 0 Å². The number of carboxylic acids is 1. The Bertz CT molecular complexity index is 446. The van der Waals surface area contributed by atoms with E-state index in [1.807, 2.05) is 44.2 Å². The second-order valence-corrected chi connectivity index (χ2v) is 5.16. The predicted octanol–water partition coefficient (Wildman–Crippen LogP) is 1.34. The van der Waals surface area contributed by atoms with Crippen LogP contribution in [0.4, 0.5) is 0 Å². The molecule has 1 aromatic rings. The van der Waals surface area contributed by atoms with Crippen molar-refractivity contribution in [3.63, 3.8) is 0 Å². The Morgan fingerprint density at radius 3 is 2.30 bits per heavy atom. The van der Waals surface area contributed by atoms with E-state index in [-0.39, 0.29) is 24.8 Å². The molecule has 1 rings (SSSR count). The molecule has 0 heterocycles. The smallest absolute Gasteiger partial charge is 0.305 e. The maximum absolute atomic E-state index is 12.3. The van der Waals surface area contributed by atoms with E-state index in [2.05, 4.69) is 5.32 Å². The number of nitrogens with two attached hydrogens (primary N) is 1. The number of aliphatic carboxylic acids is 1. The van der Waals surface area contributed by atoms with Crippen LogP contribution in [0.1, 0.15) is 31.7 Å². The van der Waals surface area contributed by atoms with E-state index in [0.29, 0.717) is 0 Å². The molecule has 0 aromatic heterocycles. The van der Waals surface area contributed by atoms with E-state index >= 15 is 0 Å². The Kier molecular flexibility index (Phi) is 6.18. The van der Waals surface area contributed by atoms with Crippen molar-refractivity contribution in [2.45, 2.75) is 32.2 Å². The van der Waals surface area contributed by atoms with E-state index in [1.165, 1.54) is 0 Å². The summed E-state index contributed by atoms with van der Waals surface area (Å²) in [5, 5.41) is 11.7. The molecule has 20 heavy (non-hydrogen) atoms. The lowest BCUT2D eigenvalue weighted by atomic mass is 9.95. The summed E-state index contributed by atoms with van der Waals surface area (Å²) < 4.78 is 0. The molecule has 0 aliphatic heterocycles. The highest BCUT2D eigenvalue weighted by atomic mass is 16.4. The molecule has 2 atom stereocenters. The minimum absolute atomic E-state index is 0.0456. The van der Waals surface area contributed by atoms with Crippen LogP contribution in [0.15, 0.2) is 30.3 Å². The number of amides is 1. The maximum atomic E-state index is 12.3. The molecule has 1 amide bonds. The van der Waals surface area contributed by atoms with E-state index < -0.39 is 17.9 Å². The molecule has 0 radical (unpaired) electrons. The first-order valence-electron chi connectivity index (χ1n) is 6.72. The van der Waals surface area contributed by atoms with Gasteiger partial charge in [-0.2, -0.15) is 0 Å². The third kappa shape index (κ3) is 4.66. The molecule has 0 spiro atoms. The Hall–Kier alpha value is -1.88. The fraction of sp³-hybridized carbons (Fsp3) is 0.467. The third-order valence-corrected chi connectivity index (χ3v) is 3.28. The lowest BCUT2D eigenvalue weighted by molar-refractivity contribution is -0.138. The predicted molar refractivity (Wildman–Crippen MR) is 77.3 cm³/mol. The summed E-state index contributed by atoms with van der Waals surface area (Å²) in [5.41, 5.74) is 6.52. The molecule has 0 saturated carbocycles. The van der Waals surface area contributed by atoms with Gasteiger partial charge in [0.15, 0.2) is 0 Å². The largest absolute Gasteiger partial charge is 0.481 e. The van der Waals surface area contributed by atoms with Crippen molar-refractivity contribution in [2.24, 2.45) is 11.7 Å². The summed E-state index contributed by atoms with van der Waals surface area (Å²) in [7, 11) is 0. The van der Waals surface area contributed by atoms with Crippen LogP contribution in [-0.4, -0.2) is 29.6 Å². The molecule has 0 bridgehead atoms. The average Bonchev–Trinajstić information content (AvgIpc) is 2.39. The van der Waals surface area contributed by atoms with Crippen LogP contribution in [-0.2, 0) is 9.59 Å². The summed E-state index contributed by atoms with van der Waals surface area (Å²) >= 11 is 0. The van der Waals surface area contributed by atoms with Gasteiger partial charge < -0.3 is 16.2 Å². The van der Waals surface area contributed by atoms with Gasteiger partial charge in [-0.15, -0.1) is 0 Å². The topological polar surface area (TPSA) is 92.4 Å². The van der Waals surface area contributed by atoms with Gasteiger partial charge >= 0.3 is 5.97 Å². The van der Waals surface area contributed by atoms with Crippen LogP contribution >= 0.6 is 0 Å². The highest BCUT2D eigenvalue weighted by molar-refractivity contribution is 5.84. The molecule has 1 aromatic carbocycles. The van der Waals surface area contributed by atoms with Crippen LogP contribution in [0.2, 0.25) is 0 Å². The van der Waals surface area contributed by atoms with Crippen LogP contribution in [0.5, 0.6) is 0 Å². The number of carbonyl (C=O) groups is 2. The molecule has 2 unspecified atom stereocenters.